The van der Waals surface area contributed by atoms with Crippen molar-refractivity contribution in [3.05, 3.63) is 29.3 Å². The molecule has 1 amide bonds. The summed E-state index contributed by atoms with van der Waals surface area (Å²) in [4.78, 5) is 25.4. The molecule has 0 spiro atoms. The van der Waals surface area contributed by atoms with Crippen LogP contribution in [0.1, 0.15) is 30.9 Å². The number of carbonyl (C=O) groups is 2. The highest BCUT2D eigenvalue weighted by Gasteiger charge is 2.17. The molecule has 0 atom stereocenters. The zero-order chi connectivity index (χ0) is 15.2. The molecule has 1 aliphatic rings. The van der Waals surface area contributed by atoms with E-state index in [0.717, 1.165) is 24.2 Å². The SMILES string of the molecule is CCCN(CC(=O)O)C(=O)CSc1ccc2c(c1)CCC2. The van der Waals surface area contributed by atoms with E-state index in [4.69, 9.17) is 5.11 Å². The van der Waals surface area contributed by atoms with E-state index >= 15 is 0 Å². The predicted octanol–water partition coefficient (Wildman–Crippen LogP) is 2.59. The van der Waals surface area contributed by atoms with Crippen molar-refractivity contribution in [2.75, 3.05) is 18.8 Å². The Labute approximate surface area is 129 Å². The summed E-state index contributed by atoms with van der Waals surface area (Å²) in [6.07, 6.45) is 4.26. The summed E-state index contributed by atoms with van der Waals surface area (Å²) in [5.74, 6) is -0.768. The van der Waals surface area contributed by atoms with Crippen molar-refractivity contribution in [1.29, 1.82) is 0 Å². The number of hydrogen-bond donors (Lipinski definition) is 1. The van der Waals surface area contributed by atoms with Crippen molar-refractivity contribution in [3.63, 3.8) is 0 Å². The summed E-state index contributed by atoms with van der Waals surface area (Å²) >= 11 is 1.49. The molecular formula is C16H21NO3S. The topological polar surface area (TPSA) is 57.6 Å². The Balaban J connectivity index is 1.91. The van der Waals surface area contributed by atoms with Crippen LogP contribution in [-0.2, 0) is 22.4 Å². The number of rotatable bonds is 7. The summed E-state index contributed by atoms with van der Waals surface area (Å²) in [5, 5.41) is 8.85. The van der Waals surface area contributed by atoms with Gasteiger partial charge in [-0.05, 0) is 48.9 Å². The molecule has 0 saturated carbocycles. The van der Waals surface area contributed by atoms with Gasteiger partial charge in [0.25, 0.3) is 0 Å². The molecule has 0 aromatic heterocycles. The number of thioether (sulfide) groups is 1. The van der Waals surface area contributed by atoms with Crippen molar-refractivity contribution < 1.29 is 14.7 Å². The lowest BCUT2D eigenvalue weighted by Crippen LogP contribution is -2.37. The van der Waals surface area contributed by atoms with Gasteiger partial charge in [0.05, 0.1) is 5.75 Å². The van der Waals surface area contributed by atoms with E-state index in [0.29, 0.717) is 12.3 Å². The van der Waals surface area contributed by atoms with Crippen LogP contribution < -0.4 is 0 Å². The van der Waals surface area contributed by atoms with Crippen LogP contribution in [0.5, 0.6) is 0 Å². The number of fused-ring (bicyclic) bond motifs is 1. The van der Waals surface area contributed by atoms with E-state index in [1.54, 1.807) is 0 Å². The number of aliphatic carboxylic acids is 1. The highest BCUT2D eigenvalue weighted by Crippen LogP contribution is 2.27. The standard InChI is InChI=1S/C16H21NO3S/c1-2-8-17(10-16(19)20)15(18)11-21-14-7-6-12-4-3-5-13(12)9-14/h6-7,9H,2-5,8,10-11H2,1H3,(H,19,20). The average Bonchev–Trinajstić information content (AvgIpc) is 2.91. The van der Waals surface area contributed by atoms with Gasteiger partial charge in [0.15, 0.2) is 0 Å². The van der Waals surface area contributed by atoms with Crippen molar-refractivity contribution >= 4 is 23.6 Å². The van der Waals surface area contributed by atoms with E-state index in [1.807, 2.05) is 6.92 Å². The van der Waals surface area contributed by atoms with Crippen molar-refractivity contribution in [1.82, 2.24) is 4.90 Å². The number of carboxylic acid groups (broad SMARTS) is 1. The van der Waals surface area contributed by atoms with Crippen LogP contribution in [0.25, 0.3) is 0 Å². The van der Waals surface area contributed by atoms with Gasteiger partial charge in [0.2, 0.25) is 5.91 Å². The molecule has 0 fully saturated rings. The molecule has 1 aromatic carbocycles. The van der Waals surface area contributed by atoms with Crippen molar-refractivity contribution in [2.45, 2.75) is 37.5 Å². The summed E-state index contributed by atoms with van der Waals surface area (Å²) in [5.41, 5.74) is 2.81. The largest absolute Gasteiger partial charge is 0.480 e. The second-order valence-corrected chi connectivity index (χ2v) is 6.33. The molecule has 1 aliphatic carbocycles. The molecule has 0 unspecified atom stereocenters. The number of nitrogens with zero attached hydrogens (tertiary/aromatic N) is 1. The fourth-order valence-corrected chi connectivity index (χ4v) is 3.46. The van der Waals surface area contributed by atoms with Gasteiger partial charge in [-0.2, -0.15) is 0 Å². The van der Waals surface area contributed by atoms with E-state index in [9.17, 15) is 9.59 Å². The zero-order valence-corrected chi connectivity index (χ0v) is 13.1. The molecule has 1 aromatic rings. The summed E-state index contributed by atoms with van der Waals surface area (Å²) in [6.45, 7) is 2.23. The summed E-state index contributed by atoms with van der Waals surface area (Å²) in [6, 6.07) is 6.38. The first-order valence-electron chi connectivity index (χ1n) is 7.34. The lowest BCUT2D eigenvalue weighted by Gasteiger charge is -2.19. The number of carbonyl (C=O) groups excluding carboxylic acids is 1. The van der Waals surface area contributed by atoms with Gasteiger partial charge in [0.1, 0.15) is 6.54 Å². The van der Waals surface area contributed by atoms with Crippen LogP contribution in [0.4, 0.5) is 0 Å². The molecule has 5 heteroatoms. The molecule has 0 aliphatic heterocycles. The van der Waals surface area contributed by atoms with Gasteiger partial charge in [-0.3, -0.25) is 9.59 Å². The minimum atomic E-state index is -0.959. The van der Waals surface area contributed by atoms with Gasteiger partial charge in [-0.15, -0.1) is 11.8 Å². The molecule has 0 heterocycles. The van der Waals surface area contributed by atoms with E-state index in [1.165, 1.54) is 34.2 Å². The number of amides is 1. The van der Waals surface area contributed by atoms with Crippen LogP contribution in [0.15, 0.2) is 23.1 Å². The number of aryl methyl sites for hydroxylation is 2. The summed E-state index contributed by atoms with van der Waals surface area (Å²) in [7, 11) is 0. The van der Waals surface area contributed by atoms with Crippen LogP contribution >= 0.6 is 11.8 Å². The van der Waals surface area contributed by atoms with E-state index < -0.39 is 5.97 Å². The third-order valence-electron chi connectivity index (χ3n) is 3.60. The van der Waals surface area contributed by atoms with Crippen LogP contribution in [0.2, 0.25) is 0 Å². The predicted molar refractivity (Wildman–Crippen MR) is 83.7 cm³/mol. The Morgan fingerprint density at radius 1 is 1.29 bits per heavy atom. The molecular weight excluding hydrogens is 286 g/mol. The average molecular weight is 307 g/mol. The zero-order valence-electron chi connectivity index (χ0n) is 12.3. The van der Waals surface area contributed by atoms with E-state index in [-0.39, 0.29) is 12.5 Å². The van der Waals surface area contributed by atoms with Crippen molar-refractivity contribution in [2.24, 2.45) is 0 Å². The lowest BCUT2D eigenvalue weighted by molar-refractivity contribution is -0.143. The molecule has 21 heavy (non-hydrogen) atoms. The quantitative estimate of drug-likeness (QED) is 0.787. The van der Waals surface area contributed by atoms with Gasteiger partial charge in [-0.25, -0.2) is 0 Å². The van der Waals surface area contributed by atoms with Crippen LogP contribution in [0.3, 0.4) is 0 Å². The number of carboxylic acids is 1. The summed E-state index contributed by atoms with van der Waals surface area (Å²) < 4.78 is 0. The maximum absolute atomic E-state index is 12.1. The highest BCUT2D eigenvalue weighted by molar-refractivity contribution is 8.00. The van der Waals surface area contributed by atoms with Gasteiger partial charge in [0, 0.05) is 11.4 Å². The first-order valence-corrected chi connectivity index (χ1v) is 8.33. The maximum atomic E-state index is 12.1. The second kappa shape index (κ2) is 7.50. The Bertz CT molecular complexity index is 530. The molecule has 2 rings (SSSR count). The van der Waals surface area contributed by atoms with Gasteiger partial charge >= 0.3 is 5.97 Å². The molecule has 114 valence electrons. The van der Waals surface area contributed by atoms with Gasteiger partial charge in [-0.1, -0.05) is 13.0 Å². The third-order valence-corrected chi connectivity index (χ3v) is 4.58. The highest BCUT2D eigenvalue weighted by atomic mass is 32.2. The minimum absolute atomic E-state index is 0.107. The monoisotopic (exact) mass is 307 g/mol. The fourth-order valence-electron chi connectivity index (χ4n) is 2.60. The van der Waals surface area contributed by atoms with Crippen LogP contribution in [0, 0.1) is 0 Å². The number of hydrogen-bond acceptors (Lipinski definition) is 3. The van der Waals surface area contributed by atoms with Crippen LogP contribution in [-0.4, -0.2) is 40.7 Å². The molecule has 1 N–H and O–H groups in total. The van der Waals surface area contributed by atoms with Crippen molar-refractivity contribution in [3.8, 4) is 0 Å². The fraction of sp³-hybridized carbons (Fsp3) is 0.500. The molecule has 0 saturated heterocycles. The van der Waals surface area contributed by atoms with E-state index in [2.05, 4.69) is 18.2 Å². The Morgan fingerprint density at radius 3 is 2.76 bits per heavy atom. The minimum Gasteiger partial charge on any atom is -0.480 e. The normalized spacial score (nSPS) is 13.0. The lowest BCUT2D eigenvalue weighted by atomic mass is 10.1. The van der Waals surface area contributed by atoms with Gasteiger partial charge < -0.3 is 10.0 Å². The maximum Gasteiger partial charge on any atom is 0.323 e. The molecule has 0 bridgehead atoms. The first-order chi connectivity index (χ1) is 10.1. The second-order valence-electron chi connectivity index (χ2n) is 5.28. The number of benzene rings is 1. The Hall–Kier alpha value is -1.49. The smallest absolute Gasteiger partial charge is 0.323 e. The third kappa shape index (κ3) is 4.49. The Kier molecular flexibility index (Phi) is 5.67. The molecule has 4 nitrogen and oxygen atoms in total. The molecule has 0 radical (unpaired) electrons. The first kappa shape index (κ1) is 15.9. The Morgan fingerprint density at radius 2 is 2.05 bits per heavy atom.